The number of carbonyl (C=O) groups is 2. The lowest BCUT2D eigenvalue weighted by Crippen LogP contribution is -2.03. The average molecular weight is 362 g/mol. The van der Waals surface area contributed by atoms with Crippen LogP contribution in [0, 0.1) is 0 Å². The van der Waals surface area contributed by atoms with Crippen LogP contribution in [0.2, 0.25) is 0 Å². The van der Waals surface area contributed by atoms with Crippen LogP contribution in [0.4, 0.5) is 0 Å². The van der Waals surface area contributed by atoms with Crippen LogP contribution in [0.15, 0.2) is 54.6 Å². The molecule has 0 heterocycles. The van der Waals surface area contributed by atoms with E-state index in [4.69, 9.17) is 4.74 Å². The molecule has 0 aliphatic carbocycles. The number of ketones is 1. The third-order valence-corrected chi connectivity index (χ3v) is 4.91. The molecule has 0 aliphatic rings. The van der Waals surface area contributed by atoms with Gasteiger partial charge in [0.15, 0.2) is 5.78 Å². The van der Waals surface area contributed by atoms with Gasteiger partial charge in [0.1, 0.15) is 0 Å². The van der Waals surface area contributed by atoms with Gasteiger partial charge in [-0.05, 0) is 47.4 Å². The number of hydrogen-bond acceptors (Lipinski definition) is 3. The van der Waals surface area contributed by atoms with Crippen LogP contribution in [0.25, 0.3) is 21.5 Å². The Balaban J connectivity index is 1.63. The normalized spacial score (nSPS) is 11.0. The SMILES string of the molecule is CCOC(=O)CCCCCCC(=O)c1cc2ccccc2c2ccccc12. The Hall–Kier alpha value is -2.68. The van der Waals surface area contributed by atoms with E-state index in [-0.39, 0.29) is 11.8 Å². The fourth-order valence-electron chi connectivity index (χ4n) is 3.56. The summed E-state index contributed by atoms with van der Waals surface area (Å²) in [6, 6.07) is 18.4. The summed E-state index contributed by atoms with van der Waals surface area (Å²) < 4.78 is 4.93. The Bertz CT molecular complexity index is 943. The number of hydrogen-bond donors (Lipinski definition) is 0. The molecular formula is C24H26O3. The van der Waals surface area contributed by atoms with E-state index in [9.17, 15) is 9.59 Å². The van der Waals surface area contributed by atoms with Gasteiger partial charge >= 0.3 is 5.97 Å². The summed E-state index contributed by atoms with van der Waals surface area (Å²) in [6.07, 6.45) is 4.59. The Labute approximate surface area is 160 Å². The molecule has 0 fully saturated rings. The zero-order chi connectivity index (χ0) is 19.1. The smallest absolute Gasteiger partial charge is 0.305 e. The molecule has 3 heteroatoms. The molecule has 3 aromatic carbocycles. The van der Waals surface area contributed by atoms with Gasteiger partial charge in [0.25, 0.3) is 0 Å². The largest absolute Gasteiger partial charge is 0.466 e. The van der Waals surface area contributed by atoms with Crippen molar-refractivity contribution < 1.29 is 14.3 Å². The van der Waals surface area contributed by atoms with Crippen molar-refractivity contribution in [1.82, 2.24) is 0 Å². The van der Waals surface area contributed by atoms with E-state index in [1.165, 1.54) is 5.39 Å². The molecule has 27 heavy (non-hydrogen) atoms. The maximum Gasteiger partial charge on any atom is 0.305 e. The number of benzene rings is 3. The van der Waals surface area contributed by atoms with Crippen molar-refractivity contribution in [3.8, 4) is 0 Å². The number of esters is 1. The van der Waals surface area contributed by atoms with Crippen molar-refractivity contribution in [2.45, 2.75) is 45.4 Å². The summed E-state index contributed by atoms with van der Waals surface area (Å²) in [5.41, 5.74) is 0.816. The first-order chi connectivity index (χ1) is 13.2. The van der Waals surface area contributed by atoms with Gasteiger partial charge in [-0.25, -0.2) is 0 Å². The van der Waals surface area contributed by atoms with Crippen molar-refractivity contribution in [2.24, 2.45) is 0 Å². The summed E-state index contributed by atoms with van der Waals surface area (Å²) in [5, 5.41) is 4.45. The molecule has 0 atom stereocenters. The standard InChI is InChI=1S/C24H26O3/c1-2-27-24(26)16-6-4-3-5-15-23(25)22-17-18-11-7-8-12-19(18)20-13-9-10-14-21(20)22/h7-14,17H,2-6,15-16H2,1H3. The van der Waals surface area contributed by atoms with Gasteiger partial charge < -0.3 is 4.74 Å². The zero-order valence-corrected chi connectivity index (χ0v) is 15.9. The lowest BCUT2D eigenvalue weighted by Gasteiger charge is -2.10. The highest BCUT2D eigenvalue weighted by Gasteiger charge is 2.12. The highest BCUT2D eigenvalue weighted by atomic mass is 16.5. The minimum atomic E-state index is -0.129. The molecule has 3 nitrogen and oxygen atoms in total. The van der Waals surface area contributed by atoms with Crippen molar-refractivity contribution in [1.29, 1.82) is 0 Å². The number of rotatable bonds is 9. The molecule has 0 aliphatic heterocycles. The van der Waals surface area contributed by atoms with E-state index in [0.717, 1.165) is 47.4 Å². The van der Waals surface area contributed by atoms with Crippen molar-refractivity contribution in [3.63, 3.8) is 0 Å². The third-order valence-electron chi connectivity index (χ3n) is 4.91. The molecule has 0 amide bonds. The molecule has 0 saturated carbocycles. The topological polar surface area (TPSA) is 43.4 Å². The summed E-state index contributed by atoms with van der Waals surface area (Å²) in [5.74, 6) is 0.0681. The summed E-state index contributed by atoms with van der Waals surface area (Å²) in [7, 11) is 0. The fraction of sp³-hybridized carbons (Fsp3) is 0.333. The molecule has 0 saturated heterocycles. The molecular weight excluding hydrogens is 336 g/mol. The van der Waals surface area contributed by atoms with Gasteiger partial charge in [-0.2, -0.15) is 0 Å². The van der Waals surface area contributed by atoms with E-state index in [2.05, 4.69) is 18.2 Å². The molecule has 0 unspecified atom stereocenters. The van der Waals surface area contributed by atoms with Gasteiger partial charge in [0.05, 0.1) is 6.61 Å². The molecule has 140 valence electrons. The summed E-state index contributed by atoms with van der Waals surface area (Å²) >= 11 is 0. The molecule has 0 N–H and O–H groups in total. The Morgan fingerprint density at radius 2 is 1.41 bits per heavy atom. The van der Waals surface area contributed by atoms with Gasteiger partial charge in [0.2, 0.25) is 0 Å². The van der Waals surface area contributed by atoms with Crippen molar-refractivity contribution in [3.05, 3.63) is 60.2 Å². The van der Waals surface area contributed by atoms with Gasteiger partial charge in [-0.1, -0.05) is 61.4 Å². The first-order valence-corrected chi connectivity index (χ1v) is 9.80. The minimum absolute atomic E-state index is 0.129. The minimum Gasteiger partial charge on any atom is -0.466 e. The fourth-order valence-corrected chi connectivity index (χ4v) is 3.56. The first-order valence-electron chi connectivity index (χ1n) is 9.80. The highest BCUT2D eigenvalue weighted by Crippen LogP contribution is 2.29. The van der Waals surface area contributed by atoms with Gasteiger partial charge in [-0.3, -0.25) is 9.59 Å². The maximum absolute atomic E-state index is 12.9. The molecule has 0 radical (unpaired) electrons. The van der Waals surface area contributed by atoms with Crippen LogP contribution in [-0.4, -0.2) is 18.4 Å². The number of carbonyl (C=O) groups excluding carboxylic acids is 2. The van der Waals surface area contributed by atoms with Crippen LogP contribution < -0.4 is 0 Å². The molecule has 0 aromatic heterocycles. The third kappa shape index (κ3) is 4.73. The predicted octanol–water partition coefficient (Wildman–Crippen LogP) is 6.08. The average Bonchev–Trinajstić information content (AvgIpc) is 2.70. The molecule has 0 spiro atoms. The predicted molar refractivity (Wildman–Crippen MR) is 110 cm³/mol. The van der Waals surface area contributed by atoms with Crippen LogP contribution in [-0.2, 0) is 9.53 Å². The molecule has 0 bridgehead atoms. The van der Waals surface area contributed by atoms with Crippen LogP contribution in [0.3, 0.4) is 0 Å². The van der Waals surface area contributed by atoms with E-state index < -0.39 is 0 Å². The summed E-state index contributed by atoms with van der Waals surface area (Å²) in [6.45, 7) is 2.26. The van der Waals surface area contributed by atoms with Crippen molar-refractivity contribution in [2.75, 3.05) is 6.61 Å². The highest BCUT2D eigenvalue weighted by molar-refractivity contribution is 6.17. The van der Waals surface area contributed by atoms with E-state index >= 15 is 0 Å². The second kappa shape index (κ2) is 9.31. The van der Waals surface area contributed by atoms with E-state index in [1.807, 2.05) is 43.3 Å². The van der Waals surface area contributed by atoms with Crippen LogP contribution in [0.1, 0.15) is 55.8 Å². The van der Waals surface area contributed by atoms with Crippen LogP contribution >= 0.6 is 0 Å². The number of ether oxygens (including phenoxy) is 1. The monoisotopic (exact) mass is 362 g/mol. The first kappa shape index (κ1) is 19.1. The van der Waals surface area contributed by atoms with Crippen LogP contribution in [0.5, 0.6) is 0 Å². The number of Topliss-reactive ketones (excluding diaryl/α,β-unsaturated/α-hetero) is 1. The Morgan fingerprint density at radius 3 is 2.15 bits per heavy atom. The second-order valence-electron chi connectivity index (χ2n) is 6.83. The number of fused-ring (bicyclic) bond motifs is 3. The van der Waals surface area contributed by atoms with Gasteiger partial charge in [0, 0.05) is 18.4 Å². The summed E-state index contributed by atoms with van der Waals surface area (Å²) in [4.78, 5) is 24.2. The Kier molecular flexibility index (Phi) is 6.59. The number of unbranched alkanes of at least 4 members (excludes halogenated alkanes) is 3. The van der Waals surface area contributed by atoms with E-state index in [1.54, 1.807) is 0 Å². The zero-order valence-electron chi connectivity index (χ0n) is 15.9. The quantitative estimate of drug-likeness (QED) is 0.200. The lowest BCUT2D eigenvalue weighted by molar-refractivity contribution is -0.143. The van der Waals surface area contributed by atoms with Crippen molar-refractivity contribution >= 4 is 33.3 Å². The van der Waals surface area contributed by atoms with Gasteiger partial charge in [-0.15, -0.1) is 0 Å². The van der Waals surface area contributed by atoms with E-state index in [0.29, 0.717) is 19.4 Å². The second-order valence-corrected chi connectivity index (χ2v) is 6.83. The Morgan fingerprint density at radius 1 is 0.778 bits per heavy atom. The molecule has 3 aromatic rings. The molecule has 3 rings (SSSR count). The maximum atomic E-state index is 12.9. The lowest BCUT2D eigenvalue weighted by atomic mass is 9.93.